The van der Waals surface area contributed by atoms with Gasteiger partial charge in [0.1, 0.15) is 6.04 Å². The second-order valence-electron chi connectivity index (χ2n) is 6.70. The zero-order chi connectivity index (χ0) is 15.9. The normalized spacial score (nSPS) is 18.9. The fourth-order valence-corrected chi connectivity index (χ4v) is 3.49. The molecule has 3 heteroatoms. The Morgan fingerprint density at radius 2 is 1.77 bits per heavy atom. The van der Waals surface area contributed by atoms with Crippen LogP contribution in [-0.2, 0) is 9.53 Å². The van der Waals surface area contributed by atoms with E-state index in [4.69, 9.17) is 4.74 Å². The van der Waals surface area contributed by atoms with Crippen LogP contribution in [0.25, 0.3) is 0 Å². The van der Waals surface area contributed by atoms with Crippen LogP contribution < -0.4 is 5.32 Å². The maximum Gasteiger partial charge on any atom is 0.323 e. The van der Waals surface area contributed by atoms with E-state index in [-0.39, 0.29) is 24.0 Å². The van der Waals surface area contributed by atoms with Gasteiger partial charge in [-0.2, -0.15) is 0 Å². The van der Waals surface area contributed by atoms with Gasteiger partial charge in [0, 0.05) is 6.04 Å². The molecule has 122 valence electrons. The maximum absolute atomic E-state index is 12.1. The zero-order valence-corrected chi connectivity index (χ0v) is 14.0. The maximum atomic E-state index is 12.1. The summed E-state index contributed by atoms with van der Waals surface area (Å²) in [5, 5.41) is 3.62. The molecular weight excluding hydrogens is 274 g/mol. The molecule has 0 saturated heterocycles. The number of benzene rings is 1. The standard InChI is InChI=1S/C19H29NO2/c1-14(2)17(19(21)22-3)20-18(15-10-6-4-7-11-15)16-12-8-5-9-13-16/h4,6-7,10-11,14,16-18,20H,5,8-9,12-13H2,1-3H3/t17-,18?/m0/s1. The van der Waals surface area contributed by atoms with Crippen molar-refractivity contribution in [1.29, 1.82) is 0 Å². The van der Waals surface area contributed by atoms with Gasteiger partial charge in [-0.1, -0.05) is 63.4 Å². The van der Waals surface area contributed by atoms with E-state index < -0.39 is 0 Å². The highest BCUT2D eigenvalue weighted by molar-refractivity contribution is 5.76. The minimum Gasteiger partial charge on any atom is -0.468 e. The average molecular weight is 303 g/mol. The molecule has 1 unspecified atom stereocenters. The number of rotatable bonds is 6. The summed E-state index contributed by atoms with van der Waals surface area (Å²) in [6.45, 7) is 4.13. The highest BCUT2D eigenvalue weighted by Gasteiger charge is 2.31. The average Bonchev–Trinajstić information content (AvgIpc) is 2.56. The quantitative estimate of drug-likeness (QED) is 0.804. The first-order valence-corrected chi connectivity index (χ1v) is 8.52. The Bertz CT molecular complexity index is 452. The highest BCUT2D eigenvalue weighted by Crippen LogP contribution is 2.35. The summed E-state index contributed by atoms with van der Waals surface area (Å²) in [6.07, 6.45) is 6.39. The summed E-state index contributed by atoms with van der Waals surface area (Å²) < 4.78 is 5.00. The van der Waals surface area contributed by atoms with Crippen molar-refractivity contribution in [2.45, 2.75) is 58.0 Å². The van der Waals surface area contributed by atoms with Crippen LogP contribution in [0.1, 0.15) is 57.6 Å². The first-order chi connectivity index (χ1) is 10.6. The van der Waals surface area contributed by atoms with E-state index in [1.54, 1.807) is 0 Å². The van der Waals surface area contributed by atoms with Crippen LogP contribution in [0.5, 0.6) is 0 Å². The summed E-state index contributed by atoms with van der Waals surface area (Å²) in [5.41, 5.74) is 1.28. The number of hydrogen-bond donors (Lipinski definition) is 1. The molecule has 2 atom stereocenters. The topological polar surface area (TPSA) is 38.3 Å². The van der Waals surface area contributed by atoms with Gasteiger partial charge < -0.3 is 4.74 Å². The molecule has 3 nitrogen and oxygen atoms in total. The summed E-state index contributed by atoms with van der Waals surface area (Å²) in [4.78, 5) is 12.1. The lowest BCUT2D eigenvalue weighted by Gasteiger charge is -2.34. The molecule has 0 heterocycles. The van der Waals surface area contributed by atoms with Crippen molar-refractivity contribution in [3.05, 3.63) is 35.9 Å². The predicted molar refractivity (Wildman–Crippen MR) is 89.5 cm³/mol. The fraction of sp³-hybridized carbons (Fsp3) is 0.632. The van der Waals surface area contributed by atoms with Gasteiger partial charge >= 0.3 is 5.97 Å². The van der Waals surface area contributed by atoms with Gasteiger partial charge in [0.15, 0.2) is 0 Å². The lowest BCUT2D eigenvalue weighted by Crippen LogP contribution is -2.45. The number of hydrogen-bond acceptors (Lipinski definition) is 3. The molecular formula is C19H29NO2. The van der Waals surface area contributed by atoms with Crippen LogP contribution in [0.2, 0.25) is 0 Å². The van der Waals surface area contributed by atoms with Gasteiger partial charge in [-0.3, -0.25) is 10.1 Å². The van der Waals surface area contributed by atoms with Gasteiger partial charge in [0.2, 0.25) is 0 Å². The largest absolute Gasteiger partial charge is 0.468 e. The Labute approximate surface area is 134 Å². The monoisotopic (exact) mass is 303 g/mol. The summed E-state index contributed by atoms with van der Waals surface area (Å²) in [5.74, 6) is 0.649. The molecule has 1 aliphatic rings. The van der Waals surface area contributed by atoms with E-state index in [0.29, 0.717) is 5.92 Å². The molecule has 0 amide bonds. The van der Waals surface area contributed by atoms with E-state index in [0.717, 1.165) is 0 Å². The van der Waals surface area contributed by atoms with Crippen molar-refractivity contribution in [1.82, 2.24) is 5.32 Å². The third-order valence-corrected chi connectivity index (χ3v) is 4.76. The van der Waals surface area contributed by atoms with Crippen molar-refractivity contribution < 1.29 is 9.53 Å². The van der Waals surface area contributed by atoms with Crippen LogP contribution in [0.15, 0.2) is 30.3 Å². The number of esters is 1. The molecule has 0 bridgehead atoms. The Kier molecular flexibility index (Phi) is 6.44. The van der Waals surface area contributed by atoms with E-state index >= 15 is 0 Å². The zero-order valence-electron chi connectivity index (χ0n) is 14.0. The van der Waals surface area contributed by atoms with Crippen LogP contribution in [0.3, 0.4) is 0 Å². The number of methoxy groups -OCH3 is 1. The van der Waals surface area contributed by atoms with E-state index in [9.17, 15) is 4.79 Å². The van der Waals surface area contributed by atoms with Gasteiger partial charge in [-0.25, -0.2) is 0 Å². The van der Waals surface area contributed by atoms with Gasteiger partial charge in [0.05, 0.1) is 7.11 Å². The van der Waals surface area contributed by atoms with Crippen molar-refractivity contribution in [2.75, 3.05) is 7.11 Å². The Morgan fingerprint density at radius 1 is 1.14 bits per heavy atom. The summed E-state index contributed by atoms with van der Waals surface area (Å²) >= 11 is 0. The number of carbonyl (C=O) groups is 1. The minimum atomic E-state index is -0.253. The number of nitrogens with one attached hydrogen (secondary N) is 1. The van der Waals surface area contributed by atoms with E-state index in [1.807, 2.05) is 6.07 Å². The smallest absolute Gasteiger partial charge is 0.323 e. The third kappa shape index (κ3) is 4.33. The first kappa shape index (κ1) is 17.0. The minimum absolute atomic E-state index is 0.160. The van der Waals surface area contributed by atoms with Crippen LogP contribution in [0, 0.1) is 11.8 Å². The molecule has 22 heavy (non-hydrogen) atoms. The highest BCUT2D eigenvalue weighted by atomic mass is 16.5. The molecule has 1 saturated carbocycles. The van der Waals surface area contributed by atoms with Crippen LogP contribution in [-0.4, -0.2) is 19.1 Å². The van der Waals surface area contributed by atoms with Gasteiger partial charge in [-0.15, -0.1) is 0 Å². The molecule has 1 fully saturated rings. The van der Waals surface area contributed by atoms with E-state index in [1.165, 1.54) is 44.8 Å². The second-order valence-corrected chi connectivity index (χ2v) is 6.70. The van der Waals surface area contributed by atoms with Gasteiger partial charge in [0.25, 0.3) is 0 Å². The predicted octanol–water partition coefficient (Wildman–Crippen LogP) is 4.10. The molecule has 1 aromatic rings. The lowest BCUT2D eigenvalue weighted by molar-refractivity contribution is -0.144. The molecule has 1 N–H and O–H groups in total. The van der Waals surface area contributed by atoms with E-state index in [2.05, 4.69) is 43.4 Å². The van der Waals surface area contributed by atoms with Crippen molar-refractivity contribution in [2.24, 2.45) is 11.8 Å². The summed E-state index contributed by atoms with van der Waals surface area (Å²) in [6, 6.07) is 10.5. The van der Waals surface area contributed by atoms with Crippen LogP contribution >= 0.6 is 0 Å². The fourth-order valence-electron chi connectivity index (χ4n) is 3.49. The lowest BCUT2D eigenvalue weighted by atomic mass is 9.80. The van der Waals surface area contributed by atoms with Gasteiger partial charge in [-0.05, 0) is 30.2 Å². The Hall–Kier alpha value is -1.35. The van der Waals surface area contributed by atoms with Crippen molar-refractivity contribution >= 4 is 5.97 Å². The van der Waals surface area contributed by atoms with Crippen LogP contribution in [0.4, 0.5) is 0 Å². The Balaban J connectivity index is 2.21. The molecule has 0 radical (unpaired) electrons. The molecule has 0 spiro atoms. The van der Waals surface area contributed by atoms with Crippen molar-refractivity contribution in [3.63, 3.8) is 0 Å². The molecule has 2 rings (SSSR count). The molecule has 0 aliphatic heterocycles. The second kappa shape index (κ2) is 8.33. The third-order valence-electron chi connectivity index (χ3n) is 4.76. The Morgan fingerprint density at radius 3 is 2.32 bits per heavy atom. The molecule has 1 aromatic carbocycles. The first-order valence-electron chi connectivity index (χ1n) is 8.52. The molecule has 1 aliphatic carbocycles. The number of ether oxygens (including phenoxy) is 1. The molecule has 0 aromatic heterocycles. The SMILES string of the molecule is COC(=O)[C@@H](NC(c1ccccc1)C1CCCCC1)C(C)C. The van der Waals surface area contributed by atoms with Crippen molar-refractivity contribution in [3.8, 4) is 0 Å². The summed E-state index contributed by atoms with van der Waals surface area (Å²) in [7, 11) is 1.47. The number of carbonyl (C=O) groups excluding carboxylic acids is 1.